The summed E-state index contributed by atoms with van der Waals surface area (Å²) in [7, 11) is 0. The fourth-order valence-electron chi connectivity index (χ4n) is 5.00. The fraction of sp³-hybridized carbons (Fsp3) is 0.481. The van der Waals surface area contributed by atoms with E-state index in [2.05, 4.69) is 16.7 Å². The van der Waals surface area contributed by atoms with Gasteiger partial charge in [-0.2, -0.15) is 0 Å². The molecule has 3 N–H and O–H groups in total. The molecular weight excluding hydrogens is 449 g/mol. The van der Waals surface area contributed by atoms with Crippen LogP contribution in [-0.2, 0) is 11.2 Å². The minimum absolute atomic E-state index is 0.0760. The Morgan fingerprint density at radius 3 is 2.60 bits per heavy atom. The second-order valence-corrected chi connectivity index (χ2v) is 10.6. The Labute approximate surface area is 205 Å². The van der Waals surface area contributed by atoms with Gasteiger partial charge in [0.05, 0.1) is 11.6 Å². The quantitative estimate of drug-likeness (QED) is 0.605. The molecule has 35 heavy (non-hydrogen) atoms. The Morgan fingerprint density at radius 1 is 1.17 bits per heavy atom. The highest BCUT2D eigenvalue weighted by molar-refractivity contribution is 5.76. The summed E-state index contributed by atoms with van der Waals surface area (Å²) in [5.74, 6) is -0.327. The number of carbonyl (C=O) groups excluding carboxylic acids is 2. The van der Waals surface area contributed by atoms with Crippen molar-refractivity contribution in [3.05, 3.63) is 71.0 Å². The molecule has 8 heteroatoms. The molecule has 0 bridgehead atoms. The zero-order valence-corrected chi connectivity index (χ0v) is 20.5. The van der Waals surface area contributed by atoms with E-state index in [1.165, 1.54) is 12.1 Å². The van der Waals surface area contributed by atoms with Gasteiger partial charge < -0.3 is 25.4 Å². The van der Waals surface area contributed by atoms with Crippen LogP contribution in [0.25, 0.3) is 0 Å². The molecule has 1 saturated carbocycles. The van der Waals surface area contributed by atoms with Gasteiger partial charge in [0.2, 0.25) is 0 Å². The molecule has 7 nitrogen and oxygen atoms in total. The molecular formula is C27H34FN3O4. The number of halogens is 1. The predicted molar refractivity (Wildman–Crippen MR) is 130 cm³/mol. The molecule has 3 amide bonds. The maximum atomic E-state index is 13.6. The topological polar surface area (TPSA) is 90.9 Å². The molecule has 1 heterocycles. The maximum Gasteiger partial charge on any atom is 0.407 e. The summed E-state index contributed by atoms with van der Waals surface area (Å²) >= 11 is 0. The highest BCUT2D eigenvalue weighted by Gasteiger charge is 2.40. The van der Waals surface area contributed by atoms with E-state index < -0.39 is 17.3 Å². The number of benzene rings is 2. The predicted octanol–water partition coefficient (Wildman–Crippen LogP) is 4.29. The summed E-state index contributed by atoms with van der Waals surface area (Å²) in [4.78, 5) is 27.1. The van der Waals surface area contributed by atoms with Gasteiger partial charge in [-0.3, -0.25) is 0 Å². The van der Waals surface area contributed by atoms with Gasteiger partial charge in [0.15, 0.2) is 0 Å². The number of nitrogens with one attached hydrogen (secondary N) is 2. The molecule has 2 aromatic carbocycles. The molecule has 1 aliphatic carbocycles. The van der Waals surface area contributed by atoms with E-state index in [0.717, 1.165) is 16.7 Å². The molecule has 3 atom stereocenters. The van der Waals surface area contributed by atoms with Crippen molar-refractivity contribution in [2.24, 2.45) is 0 Å². The Hall–Kier alpha value is -3.13. The van der Waals surface area contributed by atoms with Gasteiger partial charge in [0.25, 0.3) is 0 Å². The van der Waals surface area contributed by atoms with Crippen LogP contribution >= 0.6 is 0 Å². The lowest BCUT2D eigenvalue weighted by molar-refractivity contribution is 0.0399. The second kappa shape index (κ2) is 9.85. The van der Waals surface area contributed by atoms with E-state index in [1.54, 1.807) is 37.8 Å². The first-order chi connectivity index (χ1) is 16.5. The van der Waals surface area contributed by atoms with E-state index in [4.69, 9.17) is 4.74 Å². The maximum absolute atomic E-state index is 13.6. The van der Waals surface area contributed by atoms with Gasteiger partial charge in [-0.1, -0.05) is 36.4 Å². The van der Waals surface area contributed by atoms with E-state index in [-0.39, 0.29) is 30.5 Å². The highest BCUT2D eigenvalue weighted by Crippen LogP contribution is 2.35. The largest absolute Gasteiger partial charge is 0.444 e. The number of urea groups is 1. The van der Waals surface area contributed by atoms with Crippen LogP contribution in [0.15, 0.2) is 48.5 Å². The lowest BCUT2D eigenvalue weighted by atomic mass is 9.88. The number of ether oxygens (including phenoxy) is 1. The van der Waals surface area contributed by atoms with Crippen molar-refractivity contribution in [1.82, 2.24) is 15.5 Å². The van der Waals surface area contributed by atoms with Crippen molar-refractivity contribution < 1.29 is 23.8 Å². The molecule has 2 aliphatic rings. The monoisotopic (exact) mass is 483 g/mol. The zero-order valence-electron chi connectivity index (χ0n) is 20.5. The molecule has 0 saturated heterocycles. The van der Waals surface area contributed by atoms with Gasteiger partial charge in [0.1, 0.15) is 11.4 Å². The van der Waals surface area contributed by atoms with E-state index in [1.807, 2.05) is 18.2 Å². The molecule has 0 spiro atoms. The lowest BCUT2D eigenvalue weighted by Crippen LogP contribution is -2.50. The van der Waals surface area contributed by atoms with E-state index in [0.29, 0.717) is 32.2 Å². The average Bonchev–Trinajstić information content (AvgIpc) is 3.16. The first-order valence-corrected chi connectivity index (χ1v) is 12.1. The Balaban J connectivity index is 1.41. The molecule has 4 rings (SSSR count). The minimum atomic E-state index is -1.12. The molecule has 1 aliphatic heterocycles. The Bertz CT molecular complexity index is 1070. The highest BCUT2D eigenvalue weighted by atomic mass is 19.1. The Morgan fingerprint density at radius 2 is 1.89 bits per heavy atom. The smallest absolute Gasteiger partial charge is 0.407 e. The number of amides is 3. The van der Waals surface area contributed by atoms with Crippen LogP contribution in [0.5, 0.6) is 0 Å². The third kappa shape index (κ3) is 6.11. The standard InChI is InChI=1S/C27H34FN3O4/c1-26(2,3)35-25(33)30-21-12-14-27(34,16-21)17-29-24(32)31-15-13-18-6-4-5-7-22(18)23(31)19-8-10-20(28)11-9-19/h4-11,21,23,34H,12-17H2,1-3H3,(H,29,32)(H,30,33)/t21-,23-,27?/m0/s1. The number of rotatable bonds is 4. The van der Waals surface area contributed by atoms with Crippen molar-refractivity contribution in [1.29, 1.82) is 0 Å². The fourth-order valence-corrected chi connectivity index (χ4v) is 5.00. The van der Waals surface area contributed by atoms with Crippen molar-refractivity contribution >= 4 is 12.1 Å². The van der Waals surface area contributed by atoms with Crippen LogP contribution in [0.3, 0.4) is 0 Å². The van der Waals surface area contributed by atoms with Gasteiger partial charge in [-0.25, -0.2) is 14.0 Å². The molecule has 2 aromatic rings. The number of carbonyl (C=O) groups is 2. The van der Waals surface area contributed by atoms with Crippen LogP contribution in [0.1, 0.15) is 62.8 Å². The zero-order chi connectivity index (χ0) is 25.2. The summed E-state index contributed by atoms with van der Waals surface area (Å²) in [6, 6.07) is 13.3. The summed E-state index contributed by atoms with van der Waals surface area (Å²) < 4.78 is 18.9. The van der Waals surface area contributed by atoms with Gasteiger partial charge in [0, 0.05) is 19.1 Å². The number of fused-ring (bicyclic) bond motifs is 1. The summed E-state index contributed by atoms with van der Waals surface area (Å²) in [5, 5.41) is 16.8. The van der Waals surface area contributed by atoms with E-state index in [9.17, 15) is 19.1 Å². The van der Waals surface area contributed by atoms with Crippen LogP contribution in [0, 0.1) is 5.82 Å². The van der Waals surface area contributed by atoms with Crippen LogP contribution in [0.2, 0.25) is 0 Å². The molecule has 1 fully saturated rings. The van der Waals surface area contributed by atoms with Crippen LogP contribution in [-0.4, -0.2) is 52.5 Å². The van der Waals surface area contributed by atoms with Crippen LogP contribution in [0.4, 0.5) is 14.0 Å². The summed E-state index contributed by atoms with van der Waals surface area (Å²) in [6.45, 7) is 5.97. The van der Waals surface area contributed by atoms with Crippen molar-refractivity contribution in [2.75, 3.05) is 13.1 Å². The molecule has 0 aromatic heterocycles. The van der Waals surface area contributed by atoms with Gasteiger partial charge >= 0.3 is 12.1 Å². The number of nitrogens with zero attached hydrogens (tertiary/aromatic N) is 1. The third-order valence-electron chi connectivity index (χ3n) is 6.60. The molecule has 188 valence electrons. The molecule has 1 unspecified atom stereocenters. The first kappa shape index (κ1) is 25.0. The number of hydrogen-bond donors (Lipinski definition) is 3. The lowest BCUT2D eigenvalue weighted by Gasteiger charge is -2.38. The summed E-state index contributed by atoms with van der Waals surface area (Å²) in [5.41, 5.74) is 1.29. The Kier molecular flexibility index (Phi) is 7.03. The number of alkyl carbamates (subject to hydrolysis) is 1. The second-order valence-electron chi connectivity index (χ2n) is 10.6. The van der Waals surface area contributed by atoms with Crippen LogP contribution < -0.4 is 10.6 Å². The van der Waals surface area contributed by atoms with Crippen molar-refractivity contribution in [3.8, 4) is 0 Å². The minimum Gasteiger partial charge on any atom is -0.444 e. The van der Waals surface area contributed by atoms with E-state index >= 15 is 0 Å². The number of aliphatic hydroxyl groups is 1. The normalized spacial score (nSPS) is 24.0. The third-order valence-corrected chi connectivity index (χ3v) is 6.60. The first-order valence-electron chi connectivity index (χ1n) is 12.1. The van der Waals surface area contributed by atoms with Gasteiger partial charge in [-0.15, -0.1) is 0 Å². The molecule has 0 radical (unpaired) electrons. The SMILES string of the molecule is CC(C)(C)OC(=O)N[C@H]1CCC(O)(CNC(=O)N2CCc3ccccc3[C@@H]2c2ccc(F)cc2)C1. The summed E-state index contributed by atoms with van der Waals surface area (Å²) in [6.07, 6.45) is 1.59. The van der Waals surface area contributed by atoms with Gasteiger partial charge in [-0.05, 0) is 75.3 Å². The van der Waals surface area contributed by atoms with Crippen molar-refractivity contribution in [2.45, 2.75) is 69.7 Å². The average molecular weight is 484 g/mol. The number of hydrogen-bond acceptors (Lipinski definition) is 4. The van der Waals surface area contributed by atoms with Crippen molar-refractivity contribution in [3.63, 3.8) is 0 Å².